The molecular formula is C29H31N5O5S2. The summed E-state index contributed by atoms with van der Waals surface area (Å²) in [6.45, 7) is 5.21. The van der Waals surface area contributed by atoms with E-state index >= 15 is 0 Å². The van der Waals surface area contributed by atoms with Crippen molar-refractivity contribution in [3.05, 3.63) is 67.3 Å². The summed E-state index contributed by atoms with van der Waals surface area (Å²) >= 11 is 2.96. The molecule has 3 aromatic rings. The number of aromatic nitrogens is 1. The number of thiazole rings is 1. The summed E-state index contributed by atoms with van der Waals surface area (Å²) in [5.74, 6) is 0.0953. The molecule has 1 spiro atoms. The summed E-state index contributed by atoms with van der Waals surface area (Å²) in [6, 6.07) is 6.57. The third kappa shape index (κ3) is 4.78. The van der Waals surface area contributed by atoms with Gasteiger partial charge in [0.1, 0.15) is 22.0 Å². The molecule has 1 unspecified atom stereocenters. The number of aryl methyl sites for hydroxylation is 1. The van der Waals surface area contributed by atoms with Gasteiger partial charge in [0.25, 0.3) is 17.7 Å². The molecule has 1 aromatic carbocycles. The molecular weight excluding hydrogens is 562 g/mol. The zero-order chi connectivity index (χ0) is 28.9. The number of rotatable bonds is 6. The second kappa shape index (κ2) is 10.6. The highest BCUT2D eigenvalue weighted by atomic mass is 32.1. The van der Waals surface area contributed by atoms with Crippen LogP contribution in [0.1, 0.15) is 67.2 Å². The molecule has 3 saturated heterocycles. The molecule has 0 radical (unpaired) electrons. The van der Waals surface area contributed by atoms with Crippen molar-refractivity contribution in [2.75, 3.05) is 26.7 Å². The van der Waals surface area contributed by atoms with E-state index in [1.165, 1.54) is 16.2 Å². The highest BCUT2D eigenvalue weighted by Crippen LogP contribution is 2.37. The van der Waals surface area contributed by atoms with Crippen LogP contribution in [0.2, 0.25) is 0 Å². The van der Waals surface area contributed by atoms with Crippen molar-refractivity contribution in [2.24, 2.45) is 0 Å². The Hall–Kier alpha value is -3.77. The van der Waals surface area contributed by atoms with Crippen LogP contribution in [0.3, 0.4) is 0 Å². The van der Waals surface area contributed by atoms with Gasteiger partial charge in [0.05, 0.1) is 31.8 Å². The monoisotopic (exact) mass is 593 g/mol. The normalized spacial score (nSPS) is 22.2. The first kappa shape index (κ1) is 27.4. The zero-order valence-corrected chi connectivity index (χ0v) is 24.8. The number of amides is 5. The van der Waals surface area contributed by atoms with Gasteiger partial charge in [0, 0.05) is 28.7 Å². The first-order chi connectivity index (χ1) is 19.7. The fraction of sp³-hybridized carbons (Fsp3) is 0.414. The molecule has 214 valence electrons. The van der Waals surface area contributed by atoms with Crippen molar-refractivity contribution in [1.82, 2.24) is 25.0 Å². The van der Waals surface area contributed by atoms with Crippen LogP contribution in [-0.4, -0.2) is 75.7 Å². The summed E-state index contributed by atoms with van der Waals surface area (Å²) < 4.78 is 5.18. The average molecular weight is 594 g/mol. The van der Waals surface area contributed by atoms with Crippen LogP contribution in [0.4, 0.5) is 4.79 Å². The fourth-order valence-corrected chi connectivity index (χ4v) is 7.64. The summed E-state index contributed by atoms with van der Waals surface area (Å²) in [5, 5.41) is 7.25. The number of urea groups is 1. The van der Waals surface area contributed by atoms with Crippen molar-refractivity contribution >= 4 is 46.4 Å². The van der Waals surface area contributed by atoms with Gasteiger partial charge in [-0.1, -0.05) is 12.1 Å². The number of hydrogen-bond acceptors (Lipinski definition) is 8. The van der Waals surface area contributed by atoms with Gasteiger partial charge in [-0.3, -0.25) is 19.3 Å². The first-order valence-corrected chi connectivity index (χ1v) is 15.3. The van der Waals surface area contributed by atoms with Crippen LogP contribution in [0.15, 0.2) is 35.0 Å². The van der Waals surface area contributed by atoms with Crippen LogP contribution < -0.4 is 10.1 Å². The maximum Gasteiger partial charge on any atom is 0.325 e. The van der Waals surface area contributed by atoms with Crippen molar-refractivity contribution in [3.8, 4) is 5.75 Å². The Morgan fingerprint density at radius 3 is 2.59 bits per heavy atom. The van der Waals surface area contributed by atoms with E-state index in [2.05, 4.69) is 10.3 Å². The molecule has 6 rings (SSSR count). The molecule has 0 saturated carbocycles. The van der Waals surface area contributed by atoms with E-state index in [1.807, 2.05) is 36.3 Å². The zero-order valence-electron chi connectivity index (χ0n) is 23.1. The van der Waals surface area contributed by atoms with E-state index in [9.17, 15) is 19.2 Å². The topological polar surface area (TPSA) is 112 Å². The number of imide groups is 1. The van der Waals surface area contributed by atoms with Gasteiger partial charge >= 0.3 is 6.03 Å². The number of benzene rings is 1. The Morgan fingerprint density at radius 2 is 1.88 bits per heavy atom. The van der Waals surface area contributed by atoms with Crippen LogP contribution in [0.5, 0.6) is 5.75 Å². The fourth-order valence-electron chi connectivity index (χ4n) is 5.84. The van der Waals surface area contributed by atoms with Crippen molar-refractivity contribution in [3.63, 3.8) is 0 Å². The van der Waals surface area contributed by atoms with Crippen LogP contribution >= 0.6 is 22.7 Å². The molecule has 2 atom stereocenters. The minimum atomic E-state index is -1.14. The van der Waals surface area contributed by atoms with Crippen LogP contribution in [-0.2, 0) is 11.3 Å². The van der Waals surface area contributed by atoms with E-state index in [0.29, 0.717) is 31.0 Å². The maximum atomic E-state index is 13.5. The lowest BCUT2D eigenvalue weighted by molar-refractivity contribution is -0.131. The number of hydrogen-bond donors (Lipinski definition) is 1. The van der Waals surface area contributed by atoms with E-state index in [-0.39, 0.29) is 36.9 Å². The molecule has 5 amide bonds. The molecule has 3 aliphatic heterocycles. The number of thiophene rings is 1. The van der Waals surface area contributed by atoms with E-state index in [4.69, 9.17) is 4.74 Å². The highest BCUT2D eigenvalue weighted by molar-refractivity contribution is 7.10. The molecule has 2 aromatic heterocycles. The number of nitrogens with one attached hydrogen (secondary N) is 1. The molecule has 5 heterocycles. The third-order valence-electron chi connectivity index (χ3n) is 8.36. The molecule has 41 heavy (non-hydrogen) atoms. The van der Waals surface area contributed by atoms with Crippen molar-refractivity contribution < 1.29 is 23.9 Å². The Labute approximate surface area is 245 Å². The van der Waals surface area contributed by atoms with Crippen molar-refractivity contribution in [1.29, 1.82) is 0 Å². The molecule has 10 nitrogen and oxygen atoms in total. The summed E-state index contributed by atoms with van der Waals surface area (Å²) in [7, 11) is 1.58. The van der Waals surface area contributed by atoms with Gasteiger partial charge in [-0.25, -0.2) is 9.78 Å². The average Bonchev–Trinajstić information content (AvgIpc) is 3.80. The predicted octanol–water partition coefficient (Wildman–Crippen LogP) is 4.14. The number of carbonyl (C=O) groups is 4. The molecule has 0 aliphatic carbocycles. The SMILES string of the molecule is COc1ccc(CN2C(=O)NC3(CCN(C(=O)c4csc([C@H]5CCCN5C(=O)c5csc(C)c5C)n4)C3)C2=O)cc1. The number of methoxy groups -OCH3 is 1. The Kier molecular flexibility index (Phi) is 7.06. The van der Waals surface area contributed by atoms with E-state index < -0.39 is 11.6 Å². The lowest BCUT2D eigenvalue weighted by atomic mass is 9.99. The summed E-state index contributed by atoms with van der Waals surface area (Å²) in [4.78, 5) is 63.5. The number of carbonyl (C=O) groups excluding carboxylic acids is 4. The number of likely N-dealkylation sites (tertiary alicyclic amines) is 2. The Bertz CT molecular complexity index is 1530. The predicted molar refractivity (Wildman–Crippen MR) is 154 cm³/mol. The maximum absolute atomic E-state index is 13.5. The van der Waals surface area contributed by atoms with E-state index in [0.717, 1.165) is 39.4 Å². The minimum absolute atomic E-state index is 0.00796. The van der Waals surface area contributed by atoms with Gasteiger partial charge in [0.2, 0.25) is 0 Å². The van der Waals surface area contributed by atoms with Gasteiger partial charge in [-0.15, -0.1) is 22.7 Å². The highest BCUT2D eigenvalue weighted by Gasteiger charge is 2.55. The lowest BCUT2D eigenvalue weighted by Crippen LogP contribution is -2.49. The quantitative estimate of drug-likeness (QED) is 0.430. The molecule has 0 bridgehead atoms. The van der Waals surface area contributed by atoms with Gasteiger partial charge < -0.3 is 19.9 Å². The molecule has 3 fully saturated rings. The van der Waals surface area contributed by atoms with Gasteiger partial charge in [-0.2, -0.15) is 0 Å². The van der Waals surface area contributed by atoms with Crippen molar-refractivity contribution in [2.45, 2.75) is 51.2 Å². The Morgan fingerprint density at radius 1 is 1.10 bits per heavy atom. The Balaban J connectivity index is 1.13. The van der Waals surface area contributed by atoms with Crippen LogP contribution in [0, 0.1) is 13.8 Å². The second-order valence-corrected chi connectivity index (χ2v) is 12.8. The number of ether oxygens (including phenoxy) is 1. The summed E-state index contributed by atoms with van der Waals surface area (Å²) in [5.41, 5.74) is 1.72. The van der Waals surface area contributed by atoms with E-state index in [1.54, 1.807) is 40.9 Å². The molecule has 1 N–H and O–H groups in total. The second-order valence-electron chi connectivity index (χ2n) is 10.8. The lowest BCUT2D eigenvalue weighted by Gasteiger charge is -2.23. The standard InChI is InChI=1S/C29H31N5O5S2/c1-17-18(2)40-14-21(17)25(35)33-11-4-5-23(33)24-30-22(15-41-24)26(36)32-12-10-29(16-32)27(37)34(28(38)31-29)13-19-6-8-20(39-3)9-7-19/h6-9,14-15,23H,4-5,10-13,16H2,1-3H3,(H,31,38)/t23-,29?/m1/s1. The summed E-state index contributed by atoms with van der Waals surface area (Å²) in [6.07, 6.45) is 2.01. The van der Waals surface area contributed by atoms with Gasteiger partial charge in [-0.05, 0) is 56.4 Å². The molecule has 3 aliphatic rings. The number of nitrogens with zero attached hydrogens (tertiary/aromatic N) is 4. The molecule has 12 heteroatoms. The van der Waals surface area contributed by atoms with Gasteiger partial charge in [0.15, 0.2) is 0 Å². The van der Waals surface area contributed by atoms with Crippen LogP contribution in [0.25, 0.3) is 0 Å². The smallest absolute Gasteiger partial charge is 0.325 e. The third-order valence-corrected chi connectivity index (χ3v) is 10.3. The largest absolute Gasteiger partial charge is 0.497 e. The minimum Gasteiger partial charge on any atom is -0.497 e. The first-order valence-electron chi connectivity index (χ1n) is 13.6.